The highest BCUT2D eigenvalue weighted by Gasteiger charge is 2.43. The Balaban J connectivity index is 2.09. The third-order valence-electron chi connectivity index (χ3n) is 4.02. The van der Waals surface area contributed by atoms with Gasteiger partial charge in [-0.3, -0.25) is 4.79 Å². The number of hydrogen-bond acceptors (Lipinski definition) is 3. The van der Waals surface area contributed by atoms with E-state index in [1.165, 1.54) is 0 Å². The average molecular weight is 287 g/mol. The first-order valence-corrected chi connectivity index (χ1v) is 7.16. The maximum Gasteiger partial charge on any atom is 0.272 e. The summed E-state index contributed by atoms with van der Waals surface area (Å²) >= 11 is 5.03. The summed E-state index contributed by atoms with van der Waals surface area (Å²) in [6.07, 6.45) is 2.86. The van der Waals surface area contributed by atoms with Gasteiger partial charge in [-0.05, 0) is 37.3 Å². The third-order valence-corrected chi connectivity index (χ3v) is 4.16. The molecule has 4 nitrogen and oxygen atoms in total. The van der Waals surface area contributed by atoms with E-state index < -0.39 is 0 Å². The molecule has 0 bridgehead atoms. The first kappa shape index (κ1) is 13.2. The van der Waals surface area contributed by atoms with Gasteiger partial charge in [0.15, 0.2) is 0 Å². The van der Waals surface area contributed by atoms with Crippen molar-refractivity contribution in [3.05, 3.63) is 40.3 Å². The van der Waals surface area contributed by atoms with Crippen LogP contribution in [0.5, 0.6) is 0 Å². The van der Waals surface area contributed by atoms with E-state index >= 15 is 0 Å². The number of hydrogen-bond donors (Lipinski definition) is 1. The molecule has 2 N–H and O–H groups in total. The summed E-state index contributed by atoms with van der Waals surface area (Å²) in [5, 5.41) is 0. The smallest absolute Gasteiger partial charge is 0.272 e. The highest BCUT2D eigenvalue weighted by atomic mass is 32.1. The van der Waals surface area contributed by atoms with Crippen molar-refractivity contribution in [1.29, 1.82) is 0 Å². The van der Waals surface area contributed by atoms with Crippen LogP contribution in [0, 0.1) is 12.3 Å². The molecule has 0 saturated heterocycles. The maximum atomic E-state index is 12.4. The number of rotatable bonds is 4. The van der Waals surface area contributed by atoms with Crippen molar-refractivity contribution in [2.45, 2.75) is 32.7 Å². The van der Waals surface area contributed by atoms with E-state index in [1.807, 2.05) is 28.8 Å². The summed E-state index contributed by atoms with van der Waals surface area (Å²) in [4.78, 5) is 17.3. The summed E-state index contributed by atoms with van der Waals surface area (Å²) in [6.45, 7) is 2.44. The zero-order valence-electron chi connectivity index (χ0n) is 11.4. The fourth-order valence-corrected chi connectivity index (χ4v) is 3.06. The molecule has 0 radical (unpaired) electrons. The number of para-hydroxylation sites is 2. The predicted molar refractivity (Wildman–Crippen MR) is 83.8 cm³/mol. The van der Waals surface area contributed by atoms with E-state index in [0.29, 0.717) is 23.6 Å². The lowest BCUT2D eigenvalue weighted by Gasteiger charge is -2.18. The first-order valence-electron chi connectivity index (χ1n) is 6.75. The summed E-state index contributed by atoms with van der Waals surface area (Å²) in [5.74, 6) is 0. The molecule has 20 heavy (non-hydrogen) atoms. The number of thiocarbonyl (C=S) groups is 1. The Labute approximate surface area is 122 Å². The van der Waals surface area contributed by atoms with Crippen molar-refractivity contribution >= 4 is 28.2 Å². The lowest BCUT2D eigenvalue weighted by atomic mass is 10.0. The summed E-state index contributed by atoms with van der Waals surface area (Å²) in [5.41, 5.74) is 8.02. The monoisotopic (exact) mass is 287 g/mol. The van der Waals surface area contributed by atoms with Crippen LogP contribution in [0.4, 0.5) is 0 Å². The number of aromatic nitrogens is 2. The Morgan fingerprint density at radius 1 is 1.45 bits per heavy atom. The minimum absolute atomic E-state index is 0.0158. The van der Waals surface area contributed by atoms with E-state index in [9.17, 15) is 4.79 Å². The summed E-state index contributed by atoms with van der Waals surface area (Å²) in [7, 11) is 0. The van der Waals surface area contributed by atoms with E-state index in [0.717, 1.165) is 23.9 Å². The van der Waals surface area contributed by atoms with Crippen LogP contribution < -0.4 is 11.3 Å². The zero-order valence-corrected chi connectivity index (χ0v) is 12.2. The Hall–Kier alpha value is -1.75. The van der Waals surface area contributed by atoms with E-state index in [4.69, 9.17) is 18.0 Å². The molecule has 1 aromatic carbocycles. The zero-order chi connectivity index (χ0) is 14.3. The van der Waals surface area contributed by atoms with Crippen LogP contribution in [0.25, 0.3) is 11.0 Å². The van der Waals surface area contributed by atoms with E-state index in [-0.39, 0.29) is 11.0 Å². The fourth-order valence-electron chi connectivity index (χ4n) is 2.75. The summed E-state index contributed by atoms with van der Waals surface area (Å²) < 4.78 is 1.84. The highest BCUT2D eigenvalue weighted by molar-refractivity contribution is 7.80. The van der Waals surface area contributed by atoms with Gasteiger partial charge < -0.3 is 10.3 Å². The predicted octanol–water partition coefficient (Wildman–Crippen LogP) is 2.16. The minimum Gasteiger partial charge on any atom is -0.393 e. The van der Waals surface area contributed by atoms with Gasteiger partial charge in [0, 0.05) is 13.0 Å². The molecule has 1 heterocycles. The van der Waals surface area contributed by atoms with Crippen molar-refractivity contribution in [3.8, 4) is 0 Å². The van der Waals surface area contributed by atoms with Crippen LogP contribution in [0.3, 0.4) is 0 Å². The molecule has 1 aromatic heterocycles. The van der Waals surface area contributed by atoms with Crippen LogP contribution >= 0.6 is 12.2 Å². The molecule has 5 heteroatoms. The maximum absolute atomic E-state index is 12.4. The van der Waals surface area contributed by atoms with Gasteiger partial charge in [0.25, 0.3) is 5.56 Å². The second-order valence-corrected chi connectivity index (χ2v) is 6.24. The van der Waals surface area contributed by atoms with Gasteiger partial charge in [0.2, 0.25) is 0 Å². The molecule has 3 rings (SSSR count). The SMILES string of the molecule is Cc1nc2ccccc2n(CC2(CC(N)=S)CC2)c1=O. The van der Waals surface area contributed by atoms with Crippen molar-refractivity contribution < 1.29 is 0 Å². The molecule has 0 atom stereocenters. The quantitative estimate of drug-likeness (QED) is 0.875. The number of fused-ring (bicyclic) bond motifs is 1. The molecule has 0 spiro atoms. The number of benzene rings is 1. The molecule has 2 aromatic rings. The molecule has 1 aliphatic carbocycles. The lowest BCUT2D eigenvalue weighted by molar-refractivity contribution is 0.437. The summed E-state index contributed by atoms with van der Waals surface area (Å²) in [6, 6.07) is 7.75. The lowest BCUT2D eigenvalue weighted by Crippen LogP contribution is -2.29. The van der Waals surface area contributed by atoms with Gasteiger partial charge in [-0.15, -0.1) is 0 Å². The van der Waals surface area contributed by atoms with Crippen molar-refractivity contribution in [2.75, 3.05) is 0 Å². The average Bonchev–Trinajstić information content (AvgIpc) is 3.14. The van der Waals surface area contributed by atoms with Crippen LogP contribution in [0.1, 0.15) is 25.0 Å². The van der Waals surface area contributed by atoms with Crippen LogP contribution in [0.2, 0.25) is 0 Å². The molecule has 1 saturated carbocycles. The van der Waals surface area contributed by atoms with Gasteiger partial charge in [-0.25, -0.2) is 4.98 Å². The van der Waals surface area contributed by atoms with Gasteiger partial charge in [0.1, 0.15) is 5.69 Å². The number of nitrogens with two attached hydrogens (primary N) is 1. The molecule has 104 valence electrons. The first-order chi connectivity index (χ1) is 9.51. The molecular formula is C15H17N3OS. The second kappa shape index (κ2) is 4.66. The molecule has 0 unspecified atom stereocenters. The normalized spacial score (nSPS) is 16.2. The molecule has 0 amide bonds. The highest BCUT2D eigenvalue weighted by Crippen LogP contribution is 2.50. The van der Waals surface area contributed by atoms with Gasteiger partial charge in [-0.2, -0.15) is 0 Å². The van der Waals surface area contributed by atoms with Crippen LogP contribution in [0.15, 0.2) is 29.1 Å². The fraction of sp³-hybridized carbons (Fsp3) is 0.400. The number of nitrogens with zero attached hydrogens (tertiary/aromatic N) is 2. The Morgan fingerprint density at radius 3 is 2.80 bits per heavy atom. The van der Waals surface area contributed by atoms with Gasteiger partial charge >= 0.3 is 0 Å². The topological polar surface area (TPSA) is 60.9 Å². The van der Waals surface area contributed by atoms with Crippen LogP contribution in [-0.4, -0.2) is 14.5 Å². The minimum atomic E-state index is -0.0158. The van der Waals surface area contributed by atoms with Gasteiger partial charge in [0.05, 0.1) is 16.0 Å². The Kier molecular flexibility index (Phi) is 3.09. The largest absolute Gasteiger partial charge is 0.393 e. The van der Waals surface area contributed by atoms with E-state index in [2.05, 4.69) is 4.98 Å². The molecule has 1 aliphatic rings. The van der Waals surface area contributed by atoms with E-state index in [1.54, 1.807) is 6.92 Å². The van der Waals surface area contributed by atoms with Crippen molar-refractivity contribution in [1.82, 2.24) is 9.55 Å². The van der Waals surface area contributed by atoms with Crippen LogP contribution in [-0.2, 0) is 6.54 Å². The Bertz CT molecular complexity index is 746. The number of aryl methyl sites for hydroxylation is 1. The van der Waals surface area contributed by atoms with Crippen molar-refractivity contribution in [3.63, 3.8) is 0 Å². The molecular weight excluding hydrogens is 270 g/mol. The van der Waals surface area contributed by atoms with Gasteiger partial charge in [-0.1, -0.05) is 24.4 Å². The standard InChI is InChI=1S/C15H17N3OS/c1-10-14(19)18(9-15(6-7-15)8-13(16)20)12-5-3-2-4-11(12)17-10/h2-5H,6-9H2,1H3,(H2,16,20). The second-order valence-electron chi connectivity index (χ2n) is 5.72. The molecule has 0 aliphatic heterocycles. The van der Waals surface area contributed by atoms with Crippen molar-refractivity contribution in [2.24, 2.45) is 11.1 Å². The molecule has 1 fully saturated rings. The third kappa shape index (κ3) is 2.33. The Morgan fingerprint density at radius 2 is 2.15 bits per heavy atom.